The molecule has 0 fully saturated rings. The summed E-state index contributed by atoms with van der Waals surface area (Å²) in [5.74, 6) is 0. The summed E-state index contributed by atoms with van der Waals surface area (Å²) >= 11 is 0. The van der Waals surface area contributed by atoms with Gasteiger partial charge in [0, 0.05) is 11.1 Å². The quantitative estimate of drug-likeness (QED) is 0.735. The predicted octanol–water partition coefficient (Wildman–Crippen LogP) is 3.55. The Bertz CT molecular complexity index is 486. The zero-order valence-corrected chi connectivity index (χ0v) is 9.38. The first kappa shape index (κ1) is 10.0. The standard InChI is InChI=1S/C14H17N/c1-3-10-9-11-7-5-6-8-13(11)14(15)12(10)4-2/h5-9H,3-4,15H2,1-2H3. The molecule has 2 N–H and O–H groups in total. The molecular weight excluding hydrogens is 182 g/mol. The maximum absolute atomic E-state index is 6.21. The molecule has 2 aromatic rings. The molecular formula is C14H17N. The summed E-state index contributed by atoms with van der Waals surface area (Å²) in [6.07, 6.45) is 2.07. The van der Waals surface area contributed by atoms with Crippen molar-refractivity contribution in [3.63, 3.8) is 0 Å². The largest absolute Gasteiger partial charge is 0.398 e. The molecule has 78 valence electrons. The Morgan fingerprint density at radius 2 is 1.80 bits per heavy atom. The Morgan fingerprint density at radius 3 is 2.47 bits per heavy atom. The van der Waals surface area contributed by atoms with Crippen LogP contribution < -0.4 is 5.73 Å². The van der Waals surface area contributed by atoms with Crippen molar-refractivity contribution in [1.82, 2.24) is 0 Å². The van der Waals surface area contributed by atoms with Gasteiger partial charge in [-0.15, -0.1) is 0 Å². The Hall–Kier alpha value is -1.50. The van der Waals surface area contributed by atoms with E-state index in [4.69, 9.17) is 5.73 Å². The van der Waals surface area contributed by atoms with Crippen molar-refractivity contribution >= 4 is 16.5 Å². The maximum atomic E-state index is 6.21. The molecule has 0 heterocycles. The van der Waals surface area contributed by atoms with Crippen molar-refractivity contribution in [2.45, 2.75) is 26.7 Å². The molecule has 15 heavy (non-hydrogen) atoms. The third-order valence-corrected chi connectivity index (χ3v) is 3.03. The highest BCUT2D eigenvalue weighted by molar-refractivity contribution is 5.95. The van der Waals surface area contributed by atoms with Crippen LogP contribution in [-0.4, -0.2) is 0 Å². The van der Waals surface area contributed by atoms with Crippen molar-refractivity contribution < 1.29 is 0 Å². The number of hydrogen-bond donors (Lipinski definition) is 1. The van der Waals surface area contributed by atoms with Crippen LogP contribution in [0.5, 0.6) is 0 Å². The van der Waals surface area contributed by atoms with Gasteiger partial charge in [0.15, 0.2) is 0 Å². The fourth-order valence-corrected chi connectivity index (χ4v) is 2.21. The Kier molecular flexibility index (Phi) is 2.63. The van der Waals surface area contributed by atoms with Gasteiger partial charge in [0.05, 0.1) is 0 Å². The van der Waals surface area contributed by atoms with E-state index in [1.165, 1.54) is 21.9 Å². The van der Waals surface area contributed by atoms with Crippen LogP contribution >= 0.6 is 0 Å². The number of rotatable bonds is 2. The zero-order chi connectivity index (χ0) is 10.8. The second kappa shape index (κ2) is 3.93. The van der Waals surface area contributed by atoms with Gasteiger partial charge in [0.1, 0.15) is 0 Å². The molecule has 0 spiro atoms. The molecule has 0 saturated heterocycles. The van der Waals surface area contributed by atoms with Gasteiger partial charge in [-0.1, -0.05) is 44.2 Å². The van der Waals surface area contributed by atoms with Gasteiger partial charge in [-0.3, -0.25) is 0 Å². The molecule has 1 heteroatoms. The molecule has 0 aliphatic carbocycles. The Labute approximate surface area is 90.9 Å². The maximum Gasteiger partial charge on any atom is 0.0428 e. The van der Waals surface area contributed by atoms with Crippen LogP contribution in [0.25, 0.3) is 10.8 Å². The minimum Gasteiger partial charge on any atom is -0.398 e. The molecule has 0 saturated carbocycles. The average molecular weight is 199 g/mol. The summed E-state index contributed by atoms with van der Waals surface area (Å²) in [7, 11) is 0. The molecule has 0 radical (unpaired) electrons. The zero-order valence-electron chi connectivity index (χ0n) is 9.38. The van der Waals surface area contributed by atoms with Gasteiger partial charge < -0.3 is 5.73 Å². The van der Waals surface area contributed by atoms with E-state index in [1.807, 2.05) is 6.07 Å². The molecule has 0 atom stereocenters. The fourth-order valence-electron chi connectivity index (χ4n) is 2.21. The van der Waals surface area contributed by atoms with E-state index >= 15 is 0 Å². The summed E-state index contributed by atoms with van der Waals surface area (Å²) in [6, 6.07) is 10.6. The van der Waals surface area contributed by atoms with Crippen LogP contribution in [0, 0.1) is 0 Å². The molecule has 2 rings (SSSR count). The fraction of sp³-hybridized carbons (Fsp3) is 0.286. The topological polar surface area (TPSA) is 26.0 Å². The van der Waals surface area contributed by atoms with E-state index in [2.05, 4.69) is 38.1 Å². The van der Waals surface area contributed by atoms with Crippen molar-refractivity contribution in [2.75, 3.05) is 5.73 Å². The number of benzene rings is 2. The van der Waals surface area contributed by atoms with Crippen LogP contribution in [0.3, 0.4) is 0 Å². The summed E-state index contributed by atoms with van der Waals surface area (Å²) < 4.78 is 0. The lowest BCUT2D eigenvalue weighted by molar-refractivity contribution is 1.05. The number of nitrogen functional groups attached to an aromatic ring is 1. The van der Waals surface area contributed by atoms with Crippen molar-refractivity contribution in [3.8, 4) is 0 Å². The molecule has 0 bridgehead atoms. The average Bonchev–Trinajstić information content (AvgIpc) is 2.29. The molecule has 0 aliphatic heterocycles. The number of anilines is 1. The van der Waals surface area contributed by atoms with E-state index in [0.717, 1.165) is 18.5 Å². The lowest BCUT2D eigenvalue weighted by atomic mass is 9.95. The van der Waals surface area contributed by atoms with Gasteiger partial charge in [0.25, 0.3) is 0 Å². The lowest BCUT2D eigenvalue weighted by Gasteiger charge is -2.12. The van der Waals surface area contributed by atoms with E-state index in [9.17, 15) is 0 Å². The van der Waals surface area contributed by atoms with Crippen LogP contribution in [0.2, 0.25) is 0 Å². The minimum atomic E-state index is 0.965. The number of hydrogen-bond acceptors (Lipinski definition) is 1. The Morgan fingerprint density at radius 1 is 1.07 bits per heavy atom. The molecule has 1 nitrogen and oxygen atoms in total. The van der Waals surface area contributed by atoms with Crippen LogP contribution in [0.1, 0.15) is 25.0 Å². The van der Waals surface area contributed by atoms with Crippen molar-refractivity contribution in [2.24, 2.45) is 0 Å². The summed E-state index contributed by atoms with van der Waals surface area (Å²) in [5.41, 5.74) is 9.87. The number of fused-ring (bicyclic) bond motifs is 1. The highest BCUT2D eigenvalue weighted by atomic mass is 14.6. The summed E-state index contributed by atoms with van der Waals surface area (Å²) in [6.45, 7) is 4.35. The SMILES string of the molecule is CCc1cc2ccccc2c(N)c1CC. The molecule has 0 aromatic heterocycles. The first-order chi connectivity index (χ1) is 7.27. The van der Waals surface area contributed by atoms with Gasteiger partial charge in [-0.05, 0) is 29.4 Å². The first-order valence-electron chi connectivity index (χ1n) is 5.56. The molecule has 0 amide bonds. The van der Waals surface area contributed by atoms with Crippen molar-refractivity contribution in [3.05, 3.63) is 41.5 Å². The summed E-state index contributed by atoms with van der Waals surface area (Å²) in [5, 5.41) is 2.44. The molecule has 0 unspecified atom stereocenters. The van der Waals surface area contributed by atoms with Crippen LogP contribution in [0.15, 0.2) is 30.3 Å². The third-order valence-electron chi connectivity index (χ3n) is 3.03. The lowest BCUT2D eigenvalue weighted by Crippen LogP contribution is -1.99. The van der Waals surface area contributed by atoms with E-state index in [-0.39, 0.29) is 0 Å². The van der Waals surface area contributed by atoms with E-state index in [1.54, 1.807) is 0 Å². The first-order valence-corrected chi connectivity index (χ1v) is 5.56. The minimum absolute atomic E-state index is 0.965. The second-order valence-electron chi connectivity index (χ2n) is 3.86. The number of nitrogens with two attached hydrogens (primary N) is 1. The normalized spacial score (nSPS) is 10.8. The molecule has 0 aliphatic rings. The third kappa shape index (κ3) is 1.58. The Balaban J connectivity index is 2.81. The van der Waals surface area contributed by atoms with Crippen LogP contribution in [0.4, 0.5) is 5.69 Å². The second-order valence-corrected chi connectivity index (χ2v) is 3.86. The highest BCUT2D eigenvalue weighted by Crippen LogP contribution is 2.28. The van der Waals surface area contributed by atoms with Gasteiger partial charge >= 0.3 is 0 Å². The van der Waals surface area contributed by atoms with Crippen LogP contribution in [-0.2, 0) is 12.8 Å². The highest BCUT2D eigenvalue weighted by Gasteiger charge is 2.07. The van der Waals surface area contributed by atoms with Gasteiger partial charge in [-0.25, -0.2) is 0 Å². The van der Waals surface area contributed by atoms with Gasteiger partial charge in [-0.2, -0.15) is 0 Å². The predicted molar refractivity (Wildman–Crippen MR) is 67.1 cm³/mol. The van der Waals surface area contributed by atoms with Gasteiger partial charge in [0.2, 0.25) is 0 Å². The van der Waals surface area contributed by atoms with E-state index in [0.29, 0.717) is 0 Å². The summed E-state index contributed by atoms with van der Waals surface area (Å²) in [4.78, 5) is 0. The molecule has 2 aromatic carbocycles. The van der Waals surface area contributed by atoms with E-state index < -0.39 is 0 Å². The monoisotopic (exact) mass is 199 g/mol. The van der Waals surface area contributed by atoms with Crippen molar-refractivity contribution in [1.29, 1.82) is 0 Å². The number of aryl methyl sites for hydroxylation is 1. The smallest absolute Gasteiger partial charge is 0.0428 e.